The van der Waals surface area contributed by atoms with E-state index in [0.717, 1.165) is 0 Å². The van der Waals surface area contributed by atoms with Crippen molar-refractivity contribution >= 4 is 11.7 Å². The first-order valence-electron chi connectivity index (χ1n) is 6.55. The summed E-state index contributed by atoms with van der Waals surface area (Å²) in [6.45, 7) is 7.48. The van der Waals surface area contributed by atoms with Crippen LogP contribution in [0, 0.1) is 0 Å². The number of ketones is 1. The van der Waals surface area contributed by atoms with Crippen LogP contribution in [0.2, 0.25) is 0 Å². The van der Waals surface area contributed by atoms with Crippen LogP contribution in [-0.4, -0.2) is 29.9 Å². The number of rotatable bonds is 3. The zero-order valence-electron chi connectivity index (χ0n) is 12.1. The van der Waals surface area contributed by atoms with E-state index in [1.165, 1.54) is 0 Å². The minimum atomic E-state index is -0.621. The van der Waals surface area contributed by atoms with Gasteiger partial charge >= 0.3 is 0 Å². The molecular weight excluding hydrogens is 258 g/mol. The van der Waals surface area contributed by atoms with Gasteiger partial charge in [0.1, 0.15) is 11.5 Å². The number of benzene rings is 1. The van der Waals surface area contributed by atoms with Crippen LogP contribution in [0.5, 0.6) is 11.5 Å². The molecule has 1 N–H and O–H groups in total. The number of hydrogen-bond acceptors (Lipinski definition) is 4. The topological polar surface area (TPSA) is 64.6 Å². The van der Waals surface area contributed by atoms with Crippen molar-refractivity contribution in [1.82, 2.24) is 5.32 Å². The molecule has 0 fully saturated rings. The number of carbonyl (C=O) groups is 2. The molecule has 5 nitrogen and oxygen atoms in total. The fourth-order valence-corrected chi connectivity index (χ4v) is 1.88. The second-order valence-electron chi connectivity index (χ2n) is 5.87. The van der Waals surface area contributed by atoms with Crippen LogP contribution in [0.4, 0.5) is 0 Å². The van der Waals surface area contributed by atoms with E-state index < -0.39 is 6.10 Å². The molecule has 0 bridgehead atoms. The standard InChI is InChI=1S/C15H19NO4/c1-9(14(18)16-15(2,3)4)20-10-5-6-11-12(17)8-19-13(11)7-10/h5-7,9H,8H2,1-4H3,(H,16,18). The number of carbonyl (C=O) groups excluding carboxylic acids is 2. The fourth-order valence-electron chi connectivity index (χ4n) is 1.88. The van der Waals surface area contributed by atoms with Crippen molar-refractivity contribution < 1.29 is 19.1 Å². The van der Waals surface area contributed by atoms with Crippen molar-refractivity contribution in [2.75, 3.05) is 6.61 Å². The molecule has 20 heavy (non-hydrogen) atoms. The number of Topliss-reactive ketones (excluding diaryl/α,β-unsaturated/α-hetero) is 1. The van der Waals surface area contributed by atoms with Gasteiger partial charge in [0.05, 0.1) is 5.56 Å². The Bertz CT molecular complexity index is 545. The normalized spacial score (nSPS) is 15.3. The third-order valence-electron chi connectivity index (χ3n) is 2.79. The van der Waals surface area contributed by atoms with Gasteiger partial charge in [-0.3, -0.25) is 9.59 Å². The Hall–Kier alpha value is -2.04. The molecule has 0 saturated heterocycles. The number of fused-ring (bicyclic) bond motifs is 1. The molecule has 0 saturated carbocycles. The molecule has 0 radical (unpaired) electrons. The van der Waals surface area contributed by atoms with Crippen LogP contribution in [0.15, 0.2) is 18.2 Å². The first-order valence-corrected chi connectivity index (χ1v) is 6.55. The maximum absolute atomic E-state index is 11.9. The summed E-state index contributed by atoms with van der Waals surface area (Å²) in [7, 11) is 0. The van der Waals surface area contributed by atoms with Crippen LogP contribution in [-0.2, 0) is 4.79 Å². The summed E-state index contributed by atoms with van der Waals surface area (Å²) in [6, 6.07) is 4.97. The van der Waals surface area contributed by atoms with E-state index in [2.05, 4.69) is 5.32 Å². The number of nitrogens with one attached hydrogen (secondary N) is 1. The SMILES string of the molecule is CC(Oc1ccc2c(c1)OCC2=O)C(=O)NC(C)(C)C. The number of amides is 1. The third-order valence-corrected chi connectivity index (χ3v) is 2.79. The van der Waals surface area contributed by atoms with E-state index in [4.69, 9.17) is 9.47 Å². The minimum absolute atomic E-state index is 0.0370. The molecule has 5 heteroatoms. The van der Waals surface area contributed by atoms with Crippen molar-refractivity contribution in [1.29, 1.82) is 0 Å². The molecule has 2 rings (SSSR count). The van der Waals surface area contributed by atoms with Crippen LogP contribution < -0.4 is 14.8 Å². The smallest absolute Gasteiger partial charge is 0.261 e. The van der Waals surface area contributed by atoms with Gasteiger partial charge in [-0.25, -0.2) is 0 Å². The molecule has 1 aliphatic heterocycles. The molecule has 1 aromatic rings. The first-order chi connectivity index (χ1) is 9.26. The summed E-state index contributed by atoms with van der Waals surface area (Å²) >= 11 is 0. The highest BCUT2D eigenvalue weighted by Crippen LogP contribution is 2.29. The molecule has 1 amide bonds. The van der Waals surface area contributed by atoms with Crippen LogP contribution >= 0.6 is 0 Å². The Morgan fingerprint density at radius 2 is 2.10 bits per heavy atom. The van der Waals surface area contributed by atoms with E-state index in [0.29, 0.717) is 17.1 Å². The molecule has 0 aromatic heterocycles. The van der Waals surface area contributed by atoms with Gasteiger partial charge in [0.2, 0.25) is 5.78 Å². The summed E-state index contributed by atoms with van der Waals surface area (Å²) in [5.74, 6) is 0.797. The van der Waals surface area contributed by atoms with Gasteiger partial charge in [-0.1, -0.05) is 0 Å². The molecule has 108 valence electrons. The average Bonchev–Trinajstić information content (AvgIpc) is 2.68. The van der Waals surface area contributed by atoms with E-state index in [-0.39, 0.29) is 23.8 Å². The van der Waals surface area contributed by atoms with Gasteiger partial charge in [-0.2, -0.15) is 0 Å². The summed E-state index contributed by atoms with van der Waals surface area (Å²) in [5.41, 5.74) is 0.256. The molecule has 0 spiro atoms. The van der Waals surface area contributed by atoms with Crippen LogP contribution in [0.1, 0.15) is 38.1 Å². The third kappa shape index (κ3) is 3.29. The number of ether oxygens (including phenoxy) is 2. The molecule has 1 aliphatic rings. The predicted molar refractivity (Wildman–Crippen MR) is 74.3 cm³/mol. The monoisotopic (exact) mass is 277 g/mol. The van der Waals surface area contributed by atoms with Gasteiger partial charge < -0.3 is 14.8 Å². The average molecular weight is 277 g/mol. The first kappa shape index (κ1) is 14.4. The Kier molecular flexibility index (Phi) is 3.70. The van der Waals surface area contributed by atoms with Crippen molar-refractivity contribution in [2.24, 2.45) is 0 Å². The molecule has 0 aliphatic carbocycles. The lowest BCUT2D eigenvalue weighted by molar-refractivity contribution is -0.128. The quantitative estimate of drug-likeness (QED) is 0.917. The lowest BCUT2D eigenvalue weighted by Gasteiger charge is -2.23. The second-order valence-corrected chi connectivity index (χ2v) is 5.87. The summed E-state index contributed by atoms with van der Waals surface area (Å²) in [6.07, 6.45) is -0.621. The summed E-state index contributed by atoms with van der Waals surface area (Å²) < 4.78 is 10.8. The van der Waals surface area contributed by atoms with E-state index in [1.807, 2.05) is 20.8 Å². The molecule has 1 aromatic carbocycles. The molecule has 1 heterocycles. The molecular formula is C15H19NO4. The Balaban J connectivity index is 2.04. The highest BCUT2D eigenvalue weighted by Gasteiger charge is 2.23. The fraction of sp³-hybridized carbons (Fsp3) is 0.467. The largest absolute Gasteiger partial charge is 0.485 e. The van der Waals surface area contributed by atoms with Crippen LogP contribution in [0.25, 0.3) is 0 Å². The minimum Gasteiger partial charge on any atom is -0.485 e. The second kappa shape index (κ2) is 5.15. The highest BCUT2D eigenvalue weighted by molar-refractivity contribution is 6.02. The summed E-state index contributed by atoms with van der Waals surface area (Å²) in [5, 5.41) is 2.85. The van der Waals surface area contributed by atoms with Gasteiger partial charge in [0.15, 0.2) is 12.7 Å². The van der Waals surface area contributed by atoms with E-state index >= 15 is 0 Å². The number of hydrogen-bond donors (Lipinski definition) is 1. The Labute approximate surface area is 118 Å². The van der Waals surface area contributed by atoms with E-state index in [9.17, 15) is 9.59 Å². The Morgan fingerprint density at radius 1 is 1.40 bits per heavy atom. The predicted octanol–water partition coefficient (Wildman–Crippen LogP) is 1.94. The van der Waals surface area contributed by atoms with Crippen molar-refractivity contribution in [3.63, 3.8) is 0 Å². The Morgan fingerprint density at radius 3 is 2.75 bits per heavy atom. The van der Waals surface area contributed by atoms with Gasteiger partial charge in [-0.05, 0) is 39.8 Å². The summed E-state index contributed by atoms with van der Waals surface area (Å²) in [4.78, 5) is 23.4. The zero-order valence-corrected chi connectivity index (χ0v) is 12.1. The highest BCUT2D eigenvalue weighted by atomic mass is 16.5. The van der Waals surface area contributed by atoms with Gasteiger partial charge in [0, 0.05) is 11.6 Å². The molecule has 1 atom stereocenters. The van der Waals surface area contributed by atoms with Gasteiger partial charge in [-0.15, -0.1) is 0 Å². The van der Waals surface area contributed by atoms with Crippen molar-refractivity contribution in [3.05, 3.63) is 23.8 Å². The van der Waals surface area contributed by atoms with Crippen molar-refractivity contribution in [3.8, 4) is 11.5 Å². The van der Waals surface area contributed by atoms with Gasteiger partial charge in [0.25, 0.3) is 5.91 Å². The molecule has 1 unspecified atom stereocenters. The lowest BCUT2D eigenvalue weighted by atomic mass is 10.1. The van der Waals surface area contributed by atoms with Crippen LogP contribution in [0.3, 0.4) is 0 Å². The zero-order chi connectivity index (χ0) is 14.9. The maximum Gasteiger partial charge on any atom is 0.261 e. The van der Waals surface area contributed by atoms with Crippen molar-refractivity contribution in [2.45, 2.75) is 39.3 Å². The maximum atomic E-state index is 11.9. The lowest BCUT2D eigenvalue weighted by Crippen LogP contribution is -2.46. The van der Waals surface area contributed by atoms with E-state index in [1.54, 1.807) is 25.1 Å².